The Morgan fingerprint density at radius 3 is 2.42 bits per heavy atom. The monoisotopic (exact) mass is 770 g/mol. The maximum absolute atomic E-state index is 14.9. The lowest BCUT2D eigenvalue weighted by Crippen LogP contribution is -2.53. The van der Waals surface area contributed by atoms with Crippen molar-refractivity contribution >= 4 is 28.5 Å². The standard InChI is InChI=1S/C46H58N8O3/c1-7-42-41(43(50-38-14-16-57-17-15-38)40-23-48-54(8-2)45(40)51-42)28-53(46(56)37-19-29(3)18-36(22-37)44(47)55)27-34-13-12-30(4)39(21-34)35-11-9-10-33(20-35)26-52-24-31(5)49-32(6)25-52/h9-13,18-23,31-32,38,49H,7-8,14-17,24-28H2,1-6H3,(H2,47,55)(H,50,51)/t31-,32+. The molecule has 0 saturated carbocycles. The molecule has 7 rings (SSSR count). The Labute approximate surface area is 337 Å². The summed E-state index contributed by atoms with van der Waals surface area (Å²) in [6.45, 7) is 18.4. The van der Waals surface area contributed by atoms with E-state index in [1.54, 1.807) is 12.1 Å². The molecular formula is C46H58N8O3. The summed E-state index contributed by atoms with van der Waals surface area (Å²) in [5.41, 5.74) is 16.7. The van der Waals surface area contributed by atoms with E-state index < -0.39 is 5.91 Å². The van der Waals surface area contributed by atoms with Gasteiger partial charge in [0.15, 0.2) is 5.65 Å². The van der Waals surface area contributed by atoms with Crippen molar-refractivity contribution in [1.29, 1.82) is 0 Å². The Morgan fingerprint density at radius 1 is 0.947 bits per heavy atom. The zero-order valence-electron chi connectivity index (χ0n) is 34.4. The van der Waals surface area contributed by atoms with Crippen LogP contribution in [0.3, 0.4) is 0 Å². The minimum Gasteiger partial charge on any atom is -0.381 e. The number of aromatic nitrogens is 3. The Kier molecular flexibility index (Phi) is 12.4. The number of nitrogens with one attached hydrogen (secondary N) is 2. The molecule has 3 aromatic carbocycles. The van der Waals surface area contributed by atoms with Crippen molar-refractivity contribution in [1.82, 2.24) is 29.9 Å². The number of nitrogens with zero attached hydrogens (tertiary/aromatic N) is 5. The lowest BCUT2D eigenvalue weighted by Gasteiger charge is -2.36. The van der Waals surface area contributed by atoms with Crippen molar-refractivity contribution < 1.29 is 14.3 Å². The highest BCUT2D eigenvalue weighted by atomic mass is 16.5. The summed E-state index contributed by atoms with van der Waals surface area (Å²) in [7, 11) is 0. The molecule has 0 unspecified atom stereocenters. The smallest absolute Gasteiger partial charge is 0.254 e. The summed E-state index contributed by atoms with van der Waals surface area (Å²) in [6.07, 6.45) is 4.34. The molecule has 2 aromatic heterocycles. The van der Waals surface area contributed by atoms with Crippen molar-refractivity contribution in [2.75, 3.05) is 31.6 Å². The molecule has 4 N–H and O–H groups in total. The van der Waals surface area contributed by atoms with Gasteiger partial charge in [-0.05, 0) is 118 Å². The largest absolute Gasteiger partial charge is 0.381 e. The van der Waals surface area contributed by atoms with Gasteiger partial charge in [-0.3, -0.25) is 14.5 Å². The van der Waals surface area contributed by atoms with E-state index in [0.29, 0.717) is 62.5 Å². The fourth-order valence-corrected chi connectivity index (χ4v) is 8.67. The maximum Gasteiger partial charge on any atom is 0.254 e. The van der Waals surface area contributed by atoms with Crippen LogP contribution >= 0.6 is 0 Å². The molecular weight excluding hydrogens is 713 g/mol. The molecule has 11 nitrogen and oxygen atoms in total. The molecule has 2 atom stereocenters. The van der Waals surface area contributed by atoms with Gasteiger partial charge in [-0.25, -0.2) is 9.67 Å². The van der Waals surface area contributed by atoms with Gasteiger partial charge in [-0.15, -0.1) is 0 Å². The van der Waals surface area contributed by atoms with E-state index >= 15 is 0 Å². The number of rotatable bonds is 13. The number of benzene rings is 3. The molecule has 4 heterocycles. The minimum absolute atomic E-state index is 0.187. The van der Waals surface area contributed by atoms with E-state index in [-0.39, 0.29) is 11.9 Å². The van der Waals surface area contributed by atoms with Gasteiger partial charge >= 0.3 is 0 Å². The van der Waals surface area contributed by atoms with E-state index in [4.69, 9.17) is 20.6 Å². The van der Waals surface area contributed by atoms with Crippen LogP contribution in [0, 0.1) is 13.8 Å². The quantitative estimate of drug-likeness (QED) is 0.117. The molecule has 11 heteroatoms. The third-order valence-electron chi connectivity index (χ3n) is 11.4. The topological polar surface area (TPSA) is 131 Å². The molecule has 57 heavy (non-hydrogen) atoms. The van der Waals surface area contributed by atoms with E-state index in [9.17, 15) is 9.59 Å². The van der Waals surface area contributed by atoms with E-state index in [0.717, 1.165) is 82.7 Å². The van der Waals surface area contributed by atoms with Gasteiger partial charge in [0, 0.05) is 86.4 Å². The van der Waals surface area contributed by atoms with Crippen molar-refractivity contribution in [3.05, 3.63) is 111 Å². The van der Waals surface area contributed by atoms with Gasteiger partial charge in [0.1, 0.15) is 0 Å². The molecule has 2 aliphatic rings. The van der Waals surface area contributed by atoms with Crippen molar-refractivity contribution in [3.63, 3.8) is 0 Å². The number of pyridine rings is 1. The number of hydrogen-bond acceptors (Lipinski definition) is 8. The van der Waals surface area contributed by atoms with Crippen molar-refractivity contribution in [2.24, 2.45) is 5.73 Å². The summed E-state index contributed by atoms with van der Waals surface area (Å²) in [5.74, 6) is -0.752. The molecule has 2 aliphatic heterocycles. The third-order valence-corrected chi connectivity index (χ3v) is 11.4. The van der Waals surface area contributed by atoms with Crippen molar-refractivity contribution in [3.8, 4) is 11.1 Å². The number of fused-ring (bicyclic) bond motifs is 1. The number of carbonyl (C=O) groups is 2. The number of anilines is 1. The lowest BCUT2D eigenvalue weighted by atomic mass is 9.96. The lowest BCUT2D eigenvalue weighted by molar-refractivity contribution is 0.0729. The van der Waals surface area contributed by atoms with Gasteiger partial charge in [0.25, 0.3) is 5.91 Å². The van der Waals surface area contributed by atoms with Gasteiger partial charge in [0.05, 0.1) is 23.8 Å². The fraction of sp³-hybridized carbons (Fsp3) is 0.435. The van der Waals surface area contributed by atoms with Crippen LogP contribution in [0.5, 0.6) is 0 Å². The average molecular weight is 771 g/mol. The number of hydrogen-bond donors (Lipinski definition) is 3. The Balaban J connectivity index is 1.28. The van der Waals surface area contributed by atoms with Crippen LogP contribution in [0.1, 0.15) is 94.8 Å². The number of piperazine rings is 1. The number of nitrogens with two attached hydrogens (primary N) is 1. The number of primary amides is 1. The van der Waals surface area contributed by atoms with Crippen molar-refractivity contribution in [2.45, 2.75) is 105 Å². The SMILES string of the molecule is CCc1nc2c(cnn2CC)c(NC2CCOCC2)c1CN(Cc1ccc(C)c(-c2cccc(CN3C[C@@H](C)N[C@@H](C)C3)c2)c1)C(=O)c1cc(C)cc(C(N)=O)c1. The summed E-state index contributed by atoms with van der Waals surface area (Å²) in [4.78, 5) is 36.9. The van der Waals surface area contributed by atoms with Crippen LogP contribution in [-0.2, 0) is 37.3 Å². The van der Waals surface area contributed by atoms with Gasteiger partial charge in [0.2, 0.25) is 5.91 Å². The van der Waals surface area contributed by atoms with E-state index in [1.165, 1.54) is 11.1 Å². The van der Waals surface area contributed by atoms with E-state index in [1.807, 2.05) is 28.8 Å². The number of amides is 2. The molecule has 2 fully saturated rings. The first-order valence-electron chi connectivity index (χ1n) is 20.6. The molecule has 2 saturated heterocycles. The van der Waals surface area contributed by atoms with Gasteiger partial charge in [-0.2, -0.15) is 5.10 Å². The molecule has 0 spiro atoms. The molecule has 0 aliphatic carbocycles. The number of aryl methyl sites for hydroxylation is 4. The van der Waals surface area contributed by atoms with Gasteiger partial charge in [-0.1, -0.05) is 37.3 Å². The normalized spacial score (nSPS) is 17.9. The fourth-order valence-electron chi connectivity index (χ4n) is 8.67. The Hall–Kier alpha value is -5.10. The first-order chi connectivity index (χ1) is 27.5. The van der Waals surface area contributed by atoms with Crippen LogP contribution in [-0.4, -0.2) is 80.8 Å². The summed E-state index contributed by atoms with van der Waals surface area (Å²) in [5, 5.41) is 13.2. The predicted molar refractivity (Wildman–Crippen MR) is 227 cm³/mol. The second-order valence-corrected chi connectivity index (χ2v) is 16.1. The first-order valence-corrected chi connectivity index (χ1v) is 20.6. The second-order valence-electron chi connectivity index (χ2n) is 16.1. The number of ether oxygens (including phenoxy) is 1. The molecule has 0 bridgehead atoms. The summed E-state index contributed by atoms with van der Waals surface area (Å²) in [6, 6.07) is 21.7. The molecule has 2 amide bonds. The van der Waals surface area contributed by atoms with Crippen LogP contribution in [0.2, 0.25) is 0 Å². The Morgan fingerprint density at radius 2 is 1.70 bits per heavy atom. The average Bonchev–Trinajstić information content (AvgIpc) is 3.61. The van der Waals surface area contributed by atoms with Gasteiger partial charge < -0.3 is 26.0 Å². The molecule has 5 aromatic rings. The third kappa shape index (κ3) is 9.22. The summed E-state index contributed by atoms with van der Waals surface area (Å²) < 4.78 is 7.64. The highest BCUT2D eigenvalue weighted by molar-refractivity contribution is 6.00. The highest BCUT2D eigenvalue weighted by Gasteiger charge is 2.27. The zero-order valence-corrected chi connectivity index (χ0v) is 34.4. The maximum atomic E-state index is 14.9. The highest BCUT2D eigenvalue weighted by Crippen LogP contribution is 2.34. The van der Waals surface area contributed by atoms with E-state index in [2.05, 4.69) is 92.6 Å². The second kappa shape index (κ2) is 17.6. The van der Waals surface area contributed by atoms with Crippen LogP contribution in [0.15, 0.2) is 66.9 Å². The predicted octanol–water partition coefficient (Wildman–Crippen LogP) is 7.01. The first kappa shape index (κ1) is 40.1. The zero-order chi connectivity index (χ0) is 40.2. The summed E-state index contributed by atoms with van der Waals surface area (Å²) >= 11 is 0. The van der Waals surface area contributed by atoms with Crippen LogP contribution < -0.4 is 16.4 Å². The molecule has 0 radical (unpaired) electrons. The van der Waals surface area contributed by atoms with Crippen LogP contribution in [0.25, 0.3) is 22.2 Å². The number of carbonyl (C=O) groups excluding carboxylic acids is 2. The Bertz CT molecular complexity index is 2230. The van der Waals surface area contributed by atoms with Crippen LogP contribution in [0.4, 0.5) is 5.69 Å². The molecule has 300 valence electrons. The minimum atomic E-state index is -0.565.